The summed E-state index contributed by atoms with van der Waals surface area (Å²) in [7, 11) is 0. The van der Waals surface area contributed by atoms with Crippen molar-refractivity contribution >= 4 is 43.6 Å². The molecule has 0 atom stereocenters. The van der Waals surface area contributed by atoms with Gasteiger partial charge < -0.3 is 13.9 Å². The first-order chi connectivity index (χ1) is 25.8. The van der Waals surface area contributed by atoms with Gasteiger partial charge in [-0.1, -0.05) is 91.0 Å². The lowest BCUT2D eigenvalue weighted by Crippen LogP contribution is -2.33. The van der Waals surface area contributed by atoms with Gasteiger partial charge in [0.15, 0.2) is 0 Å². The number of ether oxygens (including phenoxy) is 1. The summed E-state index contributed by atoms with van der Waals surface area (Å²) < 4.78 is 11.7. The number of rotatable bonds is 2. The highest BCUT2D eigenvalue weighted by atomic mass is 16.5. The second-order valence-corrected chi connectivity index (χ2v) is 13.7. The molecule has 1 spiro atoms. The van der Waals surface area contributed by atoms with Gasteiger partial charge in [0.25, 0.3) is 0 Å². The molecule has 0 amide bonds. The largest absolute Gasteiger partial charge is 0.457 e. The van der Waals surface area contributed by atoms with Crippen LogP contribution in [0.25, 0.3) is 66.4 Å². The quantitative estimate of drug-likeness (QED) is 0.185. The highest BCUT2D eigenvalue weighted by Crippen LogP contribution is 2.62. The Hall–Kier alpha value is -6.98. The molecule has 0 fully saturated rings. The standard InChI is InChI=1S/C47H28N4O/c1-5-18-37-30(12-1)31-13-2-6-19-38(31)50(37)29-24-25-40-33(28-29)32-14-3-7-20-39(32)51(40)41-21-9-23-43-44(41)47(34-15-4-8-22-42(34)52-43)35-16-10-26-48-45(35)46-36(47)17-11-27-49-46/h1-28H. The summed E-state index contributed by atoms with van der Waals surface area (Å²) in [5.74, 6) is 1.67. The summed E-state index contributed by atoms with van der Waals surface area (Å²) in [5, 5.41) is 4.89. The smallest absolute Gasteiger partial charge is 0.134 e. The van der Waals surface area contributed by atoms with Crippen molar-refractivity contribution in [1.82, 2.24) is 19.1 Å². The molecule has 1 aliphatic carbocycles. The third-order valence-electron chi connectivity index (χ3n) is 11.3. The van der Waals surface area contributed by atoms with Crippen LogP contribution in [0.3, 0.4) is 0 Å². The number of aromatic nitrogens is 4. The van der Waals surface area contributed by atoms with E-state index in [9.17, 15) is 0 Å². The van der Waals surface area contributed by atoms with Gasteiger partial charge in [-0.05, 0) is 77.9 Å². The second kappa shape index (κ2) is 10.1. The Morgan fingerprint density at radius 3 is 1.65 bits per heavy atom. The van der Waals surface area contributed by atoms with Crippen molar-refractivity contribution < 1.29 is 4.74 Å². The molecule has 2 aliphatic rings. The van der Waals surface area contributed by atoms with E-state index in [1.54, 1.807) is 0 Å². The minimum atomic E-state index is -0.700. The molecular formula is C47H28N4O. The fourth-order valence-electron chi connectivity index (χ4n) is 9.34. The van der Waals surface area contributed by atoms with Gasteiger partial charge in [-0.3, -0.25) is 9.97 Å². The molecule has 0 unspecified atom stereocenters. The fourth-order valence-corrected chi connectivity index (χ4v) is 9.34. The Morgan fingerprint density at radius 1 is 0.423 bits per heavy atom. The highest BCUT2D eigenvalue weighted by molar-refractivity contribution is 6.12. The van der Waals surface area contributed by atoms with E-state index in [-0.39, 0.29) is 0 Å². The third-order valence-corrected chi connectivity index (χ3v) is 11.3. The van der Waals surface area contributed by atoms with E-state index >= 15 is 0 Å². The number of hydrogen-bond donors (Lipinski definition) is 0. The monoisotopic (exact) mass is 664 g/mol. The minimum absolute atomic E-state index is 0.700. The predicted molar refractivity (Wildman–Crippen MR) is 208 cm³/mol. The van der Waals surface area contributed by atoms with Crippen LogP contribution in [0.2, 0.25) is 0 Å². The topological polar surface area (TPSA) is 44.9 Å². The predicted octanol–water partition coefficient (Wildman–Crippen LogP) is 11.1. The lowest BCUT2D eigenvalue weighted by molar-refractivity contribution is 0.435. The minimum Gasteiger partial charge on any atom is -0.457 e. The van der Waals surface area contributed by atoms with Gasteiger partial charge in [-0.25, -0.2) is 0 Å². The van der Waals surface area contributed by atoms with Crippen LogP contribution in [0.1, 0.15) is 22.3 Å². The summed E-state index contributed by atoms with van der Waals surface area (Å²) in [6.07, 6.45) is 3.74. The number of benzene rings is 6. The van der Waals surface area contributed by atoms with Crippen LogP contribution in [-0.4, -0.2) is 19.1 Å². The van der Waals surface area contributed by atoms with Crippen molar-refractivity contribution in [3.05, 3.63) is 192 Å². The van der Waals surface area contributed by atoms with Crippen LogP contribution in [0.15, 0.2) is 170 Å². The van der Waals surface area contributed by atoms with Gasteiger partial charge in [-0.2, -0.15) is 0 Å². The van der Waals surface area contributed by atoms with E-state index in [1.807, 2.05) is 30.6 Å². The summed E-state index contributed by atoms with van der Waals surface area (Å²) >= 11 is 0. The molecule has 5 nitrogen and oxygen atoms in total. The summed E-state index contributed by atoms with van der Waals surface area (Å²) in [6, 6.07) is 56.5. The Bertz CT molecular complexity index is 3030. The first-order valence-electron chi connectivity index (χ1n) is 17.7. The van der Waals surface area contributed by atoms with Crippen molar-refractivity contribution in [2.75, 3.05) is 0 Å². The van der Waals surface area contributed by atoms with E-state index in [2.05, 4.69) is 149 Å². The highest BCUT2D eigenvalue weighted by Gasteiger charge is 2.53. The zero-order chi connectivity index (χ0) is 34.0. The maximum Gasteiger partial charge on any atom is 0.134 e. The van der Waals surface area contributed by atoms with Gasteiger partial charge in [0, 0.05) is 50.8 Å². The van der Waals surface area contributed by atoms with E-state index in [0.29, 0.717) is 0 Å². The molecule has 0 saturated heterocycles. The van der Waals surface area contributed by atoms with Crippen LogP contribution >= 0.6 is 0 Å². The molecule has 52 heavy (non-hydrogen) atoms. The van der Waals surface area contributed by atoms with E-state index in [0.717, 1.165) is 67.5 Å². The average Bonchev–Trinajstić information content (AvgIpc) is 3.82. The molecule has 0 N–H and O–H groups in total. The van der Waals surface area contributed by atoms with Gasteiger partial charge in [0.1, 0.15) is 11.5 Å². The van der Waals surface area contributed by atoms with E-state index in [1.165, 1.54) is 32.6 Å². The van der Waals surface area contributed by atoms with Crippen molar-refractivity contribution in [1.29, 1.82) is 0 Å². The van der Waals surface area contributed by atoms with E-state index in [4.69, 9.17) is 14.7 Å². The third kappa shape index (κ3) is 3.38. The second-order valence-electron chi connectivity index (χ2n) is 13.7. The first-order valence-corrected chi connectivity index (χ1v) is 17.7. The molecule has 0 bridgehead atoms. The van der Waals surface area contributed by atoms with Crippen LogP contribution in [0.4, 0.5) is 0 Å². The van der Waals surface area contributed by atoms with Gasteiger partial charge in [-0.15, -0.1) is 0 Å². The van der Waals surface area contributed by atoms with Crippen LogP contribution in [0.5, 0.6) is 11.5 Å². The maximum atomic E-state index is 6.85. The Balaban J connectivity index is 1.19. The van der Waals surface area contributed by atoms with Crippen molar-refractivity contribution in [3.63, 3.8) is 0 Å². The molecule has 12 rings (SSSR count). The van der Waals surface area contributed by atoms with Gasteiger partial charge in [0.05, 0.1) is 44.6 Å². The molecule has 242 valence electrons. The fraction of sp³-hybridized carbons (Fsp3) is 0.0213. The van der Waals surface area contributed by atoms with Crippen LogP contribution in [0, 0.1) is 0 Å². The average molecular weight is 665 g/mol. The lowest BCUT2D eigenvalue weighted by atomic mass is 9.66. The molecule has 5 heteroatoms. The molecular weight excluding hydrogens is 637 g/mol. The van der Waals surface area contributed by atoms with Crippen molar-refractivity contribution in [3.8, 4) is 34.3 Å². The van der Waals surface area contributed by atoms with Gasteiger partial charge >= 0.3 is 0 Å². The maximum absolute atomic E-state index is 6.85. The number of pyridine rings is 2. The van der Waals surface area contributed by atoms with Crippen molar-refractivity contribution in [2.24, 2.45) is 0 Å². The number of fused-ring (bicyclic) bond motifs is 15. The zero-order valence-electron chi connectivity index (χ0n) is 27.9. The zero-order valence-corrected chi connectivity index (χ0v) is 27.9. The first kappa shape index (κ1) is 27.8. The molecule has 4 aromatic heterocycles. The Kier molecular flexibility index (Phi) is 5.37. The Labute approximate surface area is 298 Å². The summed E-state index contributed by atoms with van der Waals surface area (Å²) in [5.41, 5.74) is 12.4. The molecule has 0 saturated carbocycles. The molecule has 1 aliphatic heterocycles. The molecule has 10 aromatic rings. The summed E-state index contributed by atoms with van der Waals surface area (Å²) in [4.78, 5) is 9.91. The normalized spacial score (nSPS) is 13.7. The summed E-state index contributed by atoms with van der Waals surface area (Å²) in [6.45, 7) is 0. The Morgan fingerprint density at radius 2 is 0.962 bits per heavy atom. The van der Waals surface area contributed by atoms with Gasteiger partial charge in [0.2, 0.25) is 0 Å². The van der Waals surface area contributed by atoms with E-state index < -0.39 is 5.41 Å². The number of hydrogen-bond acceptors (Lipinski definition) is 3. The van der Waals surface area contributed by atoms with Crippen molar-refractivity contribution in [2.45, 2.75) is 5.41 Å². The van der Waals surface area contributed by atoms with Crippen LogP contribution < -0.4 is 4.74 Å². The van der Waals surface area contributed by atoms with Crippen LogP contribution in [-0.2, 0) is 5.41 Å². The molecule has 5 heterocycles. The molecule has 0 radical (unpaired) electrons. The molecule has 6 aromatic carbocycles. The SMILES string of the molecule is c1ccc2c(c1)Oc1cccc(-n3c4ccccc4c4cc(-n5c6ccccc6c6ccccc65)ccc43)c1C21c2cccnc2-c2ncccc21. The number of para-hydroxylation sites is 4. The lowest BCUT2D eigenvalue weighted by Gasteiger charge is -2.40. The number of nitrogens with zero attached hydrogens (tertiary/aromatic N) is 4.